The number of pyridine rings is 1. The van der Waals surface area contributed by atoms with E-state index in [1.165, 1.54) is 6.07 Å². The normalized spacial score (nSPS) is 18.4. The Bertz CT molecular complexity index is 1600. The summed E-state index contributed by atoms with van der Waals surface area (Å²) in [7, 11) is -4.09. The van der Waals surface area contributed by atoms with Crippen molar-refractivity contribution in [1.29, 1.82) is 0 Å². The van der Waals surface area contributed by atoms with Crippen LogP contribution in [0.1, 0.15) is 83.4 Å². The van der Waals surface area contributed by atoms with Crippen LogP contribution < -0.4 is 10.1 Å². The van der Waals surface area contributed by atoms with Gasteiger partial charge in [0.05, 0.1) is 5.56 Å². The lowest BCUT2D eigenvalue weighted by molar-refractivity contribution is -0.140. The Kier molecular flexibility index (Phi) is 11.8. The maximum Gasteiger partial charge on any atom is 0.419 e. The van der Waals surface area contributed by atoms with E-state index in [-0.39, 0.29) is 46.3 Å². The minimum absolute atomic E-state index is 0.0123. The minimum Gasteiger partial charge on any atom is -0.490 e. The van der Waals surface area contributed by atoms with Crippen LogP contribution in [-0.4, -0.2) is 47.0 Å². The Labute approximate surface area is 290 Å². The van der Waals surface area contributed by atoms with Crippen molar-refractivity contribution >= 4 is 27.4 Å². The molecule has 0 saturated heterocycles. The average Bonchev–Trinajstić information content (AvgIpc) is 2.95. The monoisotopic (exact) mass is 724 g/mol. The molecule has 1 aromatic heterocycles. The fraction of sp³-hybridized carbons (Fsp3) is 0.595. The van der Waals surface area contributed by atoms with Crippen molar-refractivity contribution in [3.63, 3.8) is 0 Å². The summed E-state index contributed by atoms with van der Waals surface area (Å²) in [6, 6.07) is 6.12. The van der Waals surface area contributed by atoms with Crippen molar-refractivity contribution in [1.82, 2.24) is 10.3 Å². The molecule has 1 heterocycles. The summed E-state index contributed by atoms with van der Waals surface area (Å²) >= 11 is 0. The summed E-state index contributed by atoms with van der Waals surface area (Å²) in [5.74, 6) is -1.78. The molecule has 0 spiro atoms. The van der Waals surface area contributed by atoms with Gasteiger partial charge in [0.1, 0.15) is 23.5 Å². The third-order valence-corrected chi connectivity index (χ3v) is 19.9. The second-order valence-electron chi connectivity index (χ2n) is 16.4. The van der Waals surface area contributed by atoms with Crippen LogP contribution in [0.15, 0.2) is 42.7 Å². The van der Waals surface area contributed by atoms with Crippen molar-refractivity contribution in [3.05, 3.63) is 71.1 Å². The zero-order chi connectivity index (χ0) is 36.6. The van der Waals surface area contributed by atoms with Crippen molar-refractivity contribution in [2.45, 2.75) is 128 Å². The smallest absolute Gasteiger partial charge is 0.419 e. The van der Waals surface area contributed by atoms with Gasteiger partial charge in [0.25, 0.3) is 0 Å². The molecule has 5 nitrogen and oxygen atoms in total. The number of hydrogen-bond acceptors (Lipinski definition) is 5. The predicted octanol–water partition coefficient (Wildman–Crippen LogP) is 10.7. The van der Waals surface area contributed by atoms with Crippen LogP contribution in [-0.2, 0) is 21.6 Å². The molecule has 1 N–H and O–H groups in total. The molecule has 4 rings (SSSR count). The van der Waals surface area contributed by atoms with Crippen LogP contribution in [0.5, 0.6) is 5.75 Å². The summed E-state index contributed by atoms with van der Waals surface area (Å²) in [5, 5.41) is 5.14. The Morgan fingerprint density at radius 2 is 1.49 bits per heavy atom. The highest BCUT2D eigenvalue weighted by Gasteiger charge is 2.40. The number of benzene rings is 2. The summed E-state index contributed by atoms with van der Waals surface area (Å²) in [4.78, 5) is 4.42. The Balaban J connectivity index is 1.50. The first-order chi connectivity index (χ1) is 22.5. The fourth-order valence-corrected chi connectivity index (χ4v) is 7.54. The summed E-state index contributed by atoms with van der Waals surface area (Å²) in [5.41, 5.74) is 0.0354. The lowest BCUT2D eigenvalue weighted by atomic mass is 9.88. The standard InChI is InChI=1S/C37H53F5N2O3Si2/c1-35(2,3)48(7,8)45-16-14-24(23-46-49(9,10)36(4,5)6)29-20-34(39)31(28-13-15-43-21-30(28)29)22-44-25-17-27(18-25)47-26-11-12-33(38)32(19-26)37(40,41)42/h11-13,15,19-21,24-25,27,44H,14,16-18,22-23H2,1-10H3/t24?,25-,27-. The van der Waals surface area contributed by atoms with Gasteiger partial charge in [-0.1, -0.05) is 41.5 Å². The van der Waals surface area contributed by atoms with Gasteiger partial charge in [-0.15, -0.1) is 0 Å². The van der Waals surface area contributed by atoms with E-state index in [4.69, 9.17) is 13.6 Å². The third kappa shape index (κ3) is 9.49. The van der Waals surface area contributed by atoms with Gasteiger partial charge in [-0.05, 0) is 96.8 Å². The number of hydrogen-bond donors (Lipinski definition) is 1. The third-order valence-electron chi connectivity index (χ3n) is 10.9. The summed E-state index contributed by atoms with van der Waals surface area (Å²) in [6.07, 6.45) is 0.0745. The van der Waals surface area contributed by atoms with Crippen molar-refractivity contribution in [2.75, 3.05) is 13.2 Å². The quantitative estimate of drug-likeness (QED) is 0.141. The van der Waals surface area contributed by atoms with Gasteiger partial charge < -0.3 is 18.9 Å². The molecule has 0 bridgehead atoms. The first kappa shape index (κ1) is 39.4. The number of ether oxygens (including phenoxy) is 1. The zero-order valence-electron chi connectivity index (χ0n) is 30.6. The molecule has 2 aromatic carbocycles. The van der Waals surface area contributed by atoms with Gasteiger partial charge >= 0.3 is 6.18 Å². The van der Waals surface area contributed by atoms with Crippen LogP contribution in [0.3, 0.4) is 0 Å². The second-order valence-corrected chi connectivity index (χ2v) is 26.1. The minimum atomic E-state index is -4.80. The molecule has 272 valence electrons. The first-order valence-corrected chi connectivity index (χ1v) is 22.9. The largest absolute Gasteiger partial charge is 0.490 e. The fourth-order valence-electron chi connectivity index (χ4n) is 5.42. The van der Waals surface area contributed by atoms with Gasteiger partial charge in [0.15, 0.2) is 16.6 Å². The number of alkyl halides is 3. The summed E-state index contributed by atoms with van der Waals surface area (Å²) < 4.78 is 88.1. The highest BCUT2D eigenvalue weighted by Crippen LogP contribution is 2.41. The van der Waals surface area contributed by atoms with Gasteiger partial charge in [0.2, 0.25) is 0 Å². The highest BCUT2D eigenvalue weighted by molar-refractivity contribution is 6.74. The molecule has 1 aliphatic carbocycles. The number of aromatic nitrogens is 1. The number of rotatable bonds is 13. The van der Waals surface area contributed by atoms with Gasteiger partial charge in [-0.25, -0.2) is 8.78 Å². The van der Waals surface area contributed by atoms with Crippen LogP contribution in [0.4, 0.5) is 22.0 Å². The van der Waals surface area contributed by atoms with E-state index in [2.05, 4.69) is 78.0 Å². The number of nitrogens with one attached hydrogen (secondary N) is 1. The number of nitrogens with zero attached hydrogens (tertiary/aromatic N) is 1. The van der Waals surface area contributed by atoms with Gasteiger partial charge in [-0.2, -0.15) is 13.2 Å². The van der Waals surface area contributed by atoms with Gasteiger partial charge in [0, 0.05) is 55.1 Å². The average molecular weight is 725 g/mol. The topological polar surface area (TPSA) is 52.6 Å². The lowest BCUT2D eigenvalue weighted by Crippen LogP contribution is -2.46. The molecule has 1 atom stereocenters. The van der Waals surface area contributed by atoms with E-state index in [9.17, 15) is 17.6 Å². The van der Waals surface area contributed by atoms with Crippen LogP contribution in [0, 0.1) is 11.6 Å². The van der Waals surface area contributed by atoms with Crippen molar-refractivity contribution in [3.8, 4) is 5.75 Å². The Morgan fingerprint density at radius 1 is 0.857 bits per heavy atom. The summed E-state index contributed by atoms with van der Waals surface area (Å²) in [6.45, 7) is 23.5. The van der Waals surface area contributed by atoms with Crippen LogP contribution >= 0.6 is 0 Å². The molecule has 0 aliphatic heterocycles. The van der Waals surface area contributed by atoms with Gasteiger partial charge in [-0.3, -0.25) is 4.98 Å². The molecule has 0 radical (unpaired) electrons. The highest BCUT2D eigenvalue weighted by atomic mass is 28.4. The first-order valence-electron chi connectivity index (χ1n) is 17.1. The molecule has 0 amide bonds. The second kappa shape index (κ2) is 14.7. The van der Waals surface area contributed by atoms with Crippen molar-refractivity contribution < 1.29 is 35.5 Å². The van der Waals surface area contributed by atoms with Crippen LogP contribution in [0.2, 0.25) is 36.3 Å². The Hall–Kier alpha value is -2.39. The molecule has 1 aliphatic rings. The molecule has 49 heavy (non-hydrogen) atoms. The maximum absolute atomic E-state index is 16.1. The molecule has 1 fully saturated rings. The van der Waals surface area contributed by atoms with E-state index < -0.39 is 34.2 Å². The van der Waals surface area contributed by atoms with E-state index in [1.807, 2.05) is 6.07 Å². The van der Waals surface area contributed by atoms with E-state index in [1.54, 1.807) is 18.5 Å². The Morgan fingerprint density at radius 3 is 2.10 bits per heavy atom. The molecular weight excluding hydrogens is 672 g/mol. The van der Waals surface area contributed by atoms with E-state index in [0.717, 1.165) is 22.4 Å². The maximum atomic E-state index is 16.1. The van der Waals surface area contributed by atoms with Crippen molar-refractivity contribution in [2.24, 2.45) is 0 Å². The molecule has 1 saturated carbocycles. The van der Waals surface area contributed by atoms with E-state index >= 15 is 4.39 Å². The molecule has 3 aromatic rings. The molecule has 12 heteroatoms. The van der Waals surface area contributed by atoms with Crippen LogP contribution in [0.25, 0.3) is 10.8 Å². The lowest BCUT2D eigenvalue weighted by Gasteiger charge is -2.38. The zero-order valence-corrected chi connectivity index (χ0v) is 32.6. The SMILES string of the molecule is CC(C)(C)[Si](C)(C)OCCC(CO[Si](C)(C)C(C)(C)C)c1cc(F)c(CN[C@H]2C[C@H](Oc3ccc(F)c(C(F)(F)F)c3)C2)c2ccncc12. The molecular formula is C37H53F5N2O3Si2. The predicted molar refractivity (Wildman–Crippen MR) is 191 cm³/mol. The van der Waals surface area contributed by atoms with E-state index in [0.29, 0.717) is 44.1 Å². The molecule has 1 unspecified atom stereocenters. The number of fused-ring (bicyclic) bond motifs is 1. The number of halogens is 5.